The highest BCUT2D eigenvalue weighted by Gasteiger charge is 2.09. The summed E-state index contributed by atoms with van der Waals surface area (Å²) in [5.74, 6) is 0. The van der Waals surface area contributed by atoms with E-state index in [4.69, 9.17) is 4.74 Å². The first-order chi connectivity index (χ1) is 2.39. The van der Waals surface area contributed by atoms with Crippen LogP contribution in [0.15, 0.2) is 0 Å². The Morgan fingerprint density at radius 3 is 2.20 bits per heavy atom. The van der Waals surface area contributed by atoms with Crippen molar-refractivity contribution in [3.63, 3.8) is 0 Å². The summed E-state index contributed by atoms with van der Waals surface area (Å²) in [6, 6.07) is 0. The number of ether oxygens (including phenoxy) is 1. The van der Waals surface area contributed by atoms with Gasteiger partial charge in [-0.15, -0.1) is 0 Å². The van der Waals surface area contributed by atoms with Gasteiger partial charge in [-0.1, -0.05) is 0 Å². The van der Waals surface area contributed by atoms with Crippen molar-refractivity contribution >= 4 is 0 Å². The van der Waals surface area contributed by atoms with Crippen LogP contribution < -0.4 is 0 Å². The monoisotopic (exact) mass is 72.1 g/mol. The van der Waals surface area contributed by atoms with Gasteiger partial charge in [-0.2, -0.15) is 0 Å². The molecule has 0 radical (unpaired) electrons. The minimum atomic E-state index is 0.565. The highest BCUT2D eigenvalue weighted by molar-refractivity contribution is 4.57. The van der Waals surface area contributed by atoms with E-state index in [-0.39, 0.29) is 0 Å². The Kier molecular flexibility index (Phi) is 0.618. The van der Waals surface area contributed by atoms with Gasteiger partial charge in [-0.3, -0.25) is 0 Å². The third-order valence-corrected chi connectivity index (χ3v) is 0.927. The fourth-order valence-electron chi connectivity index (χ4n) is 0.354. The Morgan fingerprint density at radius 1 is 1.80 bits per heavy atom. The molecule has 1 rings (SSSR count). The van der Waals surface area contributed by atoms with Gasteiger partial charge in [0, 0.05) is 6.61 Å². The molecule has 1 heteroatoms. The van der Waals surface area contributed by atoms with Crippen molar-refractivity contribution in [2.24, 2.45) is 0 Å². The summed E-state index contributed by atoms with van der Waals surface area (Å²) >= 11 is 0. The molecule has 1 aliphatic rings. The minimum absolute atomic E-state index is 0.565. The molecular formula is C4H8O. The maximum atomic E-state index is 4.93. The van der Waals surface area contributed by atoms with Crippen molar-refractivity contribution in [3.8, 4) is 0 Å². The molecule has 1 heterocycles. The van der Waals surface area contributed by atoms with Crippen LogP contribution in [-0.2, 0) is 4.74 Å². The molecule has 0 bridgehead atoms. The smallest absolute Gasteiger partial charge is 0.0568 e. The fourth-order valence-corrected chi connectivity index (χ4v) is 0.354. The van der Waals surface area contributed by atoms with Crippen molar-refractivity contribution in [1.82, 2.24) is 0 Å². The molecule has 0 aromatic rings. The van der Waals surface area contributed by atoms with Gasteiger partial charge in [0.05, 0.1) is 6.10 Å². The van der Waals surface area contributed by atoms with Gasteiger partial charge >= 0.3 is 0 Å². The molecule has 1 saturated heterocycles. The van der Waals surface area contributed by atoms with Gasteiger partial charge in [0.1, 0.15) is 0 Å². The molecular weight excluding hydrogens is 64.0 g/mol. The molecule has 0 aromatic carbocycles. The van der Waals surface area contributed by atoms with Crippen LogP contribution in [0, 0.1) is 0 Å². The Balaban J connectivity index is 2.08. The lowest BCUT2D eigenvalue weighted by Crippen LogP contribution is -2.22. The fraction of sp³-hybridized carbons (Fsp3) is 1.00. The Labute approximate surface area is 31.9 Å². The summed E-state index contributed by atoms with van der Waals surface area (Å²) in [6.45, 7) is 3.07. The summed E-state index contributed by atoms with van der Waals surface area (Å²) in [5, 5.41) is 0. The highest BCUT2D eigenvalue weighted by Crippen LogP contribution is 2.07. The van der Waals surface area contributed by atoms with Crippen LogP contribution in [0.3, 0.4) is 0 Å². The lowest BCUT2D eigenvalue weighted by Gasteiger charge is -2.20. The second kappa shape index (κ2) is 0.977. The van der Waals surface area contributed by atoms with E-state index in [2.05, 4.69) is 6.92 Å². The maximum Gasteiger partial charge on any atom is 0.0568 e. The van der Waals surface area contributed by atoms with Crippen LogP contribution in [-0.4, -0.2) is 12.7 Å². The molecule has 0 amide bonds. The normalized spacial score (nSPS) is 36.6. The molecule has 0 saturated carbocycles. The summed E-state index contributed by atoms with van der Waals surface area (Å²) in [6.07, 6.45) is 1.83. The standard InChI is InChI=1S/C4H8O/c1-4-2-3-5-4/h4H,2-3H2,1H3. The molecule has 1 nitrogen and oxygen atoms in total. The van der Waals surface area contributed by atoms with E-state index in [0.29, 0.717) is 6.10 Å². The molecule has 1 aliphatic heterocycles. The third kappa shape index (κ3) is 0.428. The van der Waals surface area contributed by atoms with Crippen LogP contribution in [0.1, 0.15) is 13.3 Å². The summed E-state index contributed by atoms with van der Waals surface area (Å²) in [7, 11) is 0. The van der Waals surface area contributed by atoms with Crippen molar-refractivity contribution < 1.29 is 4.74 Å². The number of rotatable bonds is 0. The van der Waals surface area contributed by atoms with Crippen LogP contribution >= 0.6 is 0 Å². The second-order valence-electron chi connectivity index (χ2n) is 1.47. The van der Waals surface area contributed by atoms with E-state index in [0.717, 1.165) is 6.61 Å². The summed E-state index contributed by atoms with van der Waals surface area (Å²) in [5.41, 5.74) is 0. The van der Waals surface area contributed by atoms with E-state index in [1.165, 1.54) is 6.42 Å². The lowest BCUT2D eigenvalue weighted by molar-refractivity contribution is -0.0375. The molecule has 1 unspecified atom stereocenters. The van der Waals surface area contributed by atoms with E-state index in [1.54, 1.807) is 0 Å². The van der Waals surface area contributed by atoms with Gasteiger partial charge in [0.15, 0.2) is 0 Å². The van der Waals surface area contributed by atoms with E-state index in [9.17, 15) is 0 Å². The SMILES string of the molecule is CC1CCO1. The van der Waals surface area contributed by atoms with E-state index >= 15 is 0 Å². The average Bonchev–Trinajstić information content (AvgIpc) is 1.30. The molecule has 0 spiro atoms. The molecule has 1 fully saturated rings. The predicted octanol–water partition coefficient (Wildman–Crippen LogP) is 0.795. The zero-order chi connectivity index (χ0) is 3.70. The van der Waals surface area contributed by atoms with Gasteiger partial charge in [0.2, 0.25) is 0 Å². The van der Waals surface area contributed by atoms with Crippen molar-refractivity contribution in [2.75, 3.05) is 6.61 Å². The molecule has 5 heavy (non-hydrogen) atoms. The molecule has 30 valence electrons. The Bertz CT molecular complexity index is 30.6. The van der Waals surface area contributed by atoms with Crippen LogP contribution in [0.2, 0.25) is 0 Å². The van der Waals surface area contributed by atoms with Gasteiger partial charge in [-0.05, 0) is 13.3 Å². The molecule has 0 aliphatic carbocycles. The van der Waals surface area contributed by atoms with Crippen molar-refractivity contribution in [1.29, 1.82) is 0 Å². The molecule has 0 N–H and O–H groups in total. The minimum Gasteiger partial charge on any atom is -0.378 e. The van der Waals surface area contributed by atoms with Gasteiger partial charge in [-0.25, -0.2) is 0 Å². The quantitative estimate of drug-likeness (QED) is 0.411. The predicted molar refractivity (Wildman–Crippen MR) is 20.0 cm³/mol. The van der Waals surface area contributed by atoms with Gasteiger partial charge in [0.25, 0.3) is 0 Å². The maximum absolute atomic E-state index is 4.93. The average molecular weight is 72.1 g/mol. The summed E-state index contributed by atoms with van der Waals surface area (Å²) < 4.78 is 4.93. The van der Waals surface area contributed by atoms with Crippen LogP contribution in [0.5, 0.6) is 0 Å². The van der Waals surface area contributed by atoms with E-state index < -0.39 is 0 Å². The van der Waals surface area contributed by atoms with E-state index in [1.807, 2.05) is 0 Å². The first-order valence-electron chi connectivity index (χ1n) is 2.01. The van der Waals surface area contributed by atoms with Crippen molar-refractivity contribution in [2.45, 2.75) is 19.4 Å². The number of hydrogen-bond donors (Lipinski definition) is 0. The van der Waals surface area contributed by atoms with Crippen molar-refractivity contribution in [3.05, 3.63) is 0 Å². The Hall–Kier alpha value is -0.0400. The largest absolute Gasteiger partial charge is 0.378 e. The van der Waals surface area contributed by atoms with Crippen LogP contribution in [0.25, 0.3) is 0 Å². The summed E-state index contributed by atoms with van der Waals surface area (Å²) in [4.78, 5) is 0. The zero-order valence-corrected chi connectivity index (χ0v) is 3.40. The second-order valence-corrected chi connectivity index (χ2v) is 1.47. The number of hydrogen-bond acceptors (Lipinski definition) is 1. The lowest BCUT2D eigenvalue weighted by atomic mass is 10.2. The zero-order valence-electron chi connectivity index (χ0n) is 3.40. The third-order valence-electron chi connectivity index (χ3n) is 0.927. The molecule has 0 aromatic heterocycles. The highest BCUT2D eigenvalue weighted by atomic mass is 16.5. The molecule has 1 atom stereocenters. The van der Waals surface area contributed by atoms with Gasteiger partial charge < -0.3 is 4.74 Å². The topological polar surface area (TPSA) is 9.23 Å². The first-order valence-corrected chi connectivity index (χ1v) is 2.01. The Morgan fingerprint density at radius 2 is 2.20 bits per heavy atom. The first kappa shape index (κ1) is 3.16. The van der Waals surface area contributed by atoms with Crippen LogP contribution in [0.4, 0.5) is 0 Å².